The van der Waals surface area contributed by atoms with Crippen LogP contribution in [-0.4, -0.2) is 18.1 Å². The Kier molecular flexibility index (Phi) is 2.89. The molecule has 108 valence electrons. The normalized spacial score (nSPS) is 30.4. The van der Waals surface area contributed by atoms with Crippen LogP contribution in [0.15, 0.2) is 36.7 Å². The second kappa shape index (κ2) is 4.28. The van der Waals surface area contributed by atoms with E-state index >= 15 is 0 Å². The van der Waals surface area contributed by atoms with Crippen molar-refractivity contribution in [2.24, 2.45) is 5.41 Å². The van der Waals surface area contributed by atoms with E-state index in [1.165, 1.54) is 24.1 Å². The Morgan fingerprint density at radius 3 is 2.50 bits per heavy atom. The minimum atomic E-state index is 0.190. The highest BCUT2D eigenvalue weighted by molar-refractivity contribution is 5.64. The standard InChI is InChI=1S/C18H26N2/c1-6-11-18(4)14-9-7-8-10-15(14)20-13-12-19(5)16(20)17(18,2)3/h7-10,12-13,16H,6,11H2,1-5H3. The lowest BCUT2D eigenvalue weighted by Crippen LogP contribution is -2.60. The summed E-state index contributed by atoms with van der Waals surface area (Å²) in [6.07, 6.45) is 7.30. The summed E-state index contributed by atoms with van der Waals surface area (Å²) in [7, 11) is 2.20. The van der Waals surface area contributed by atoms with E-state index in [1.54, 1.807) is 0 Å². The van der Waals surface area contributed by atoms with E-state index in [0.29, 0.717) is 6.17 Å². The average Bonchev–Trinajstić information content (AvgIpc) is 2.80. The van der Waals surface area contributed by atoms with Gasteiger partial charge in [0.25, 0.3) is 0 Å². The molecule has 2 unspecified atom stereocenters. The lowest BCUT2D eigenvalue weighted by Gasteiger charge is -2.57. The summed E-state index contributed by atoms with van der Waals surface area (Å²) in [6, 6.07) is 8.95. The van der Waals surface area contributed by atoms with Crippen molar-refractivity contribution in [2.75, 3.05) is 11.9 Å². The summed E-state index contributed by atoms with van der Waals surface area (Å²) in [5, 5.41) is 0. The van der Waals surface area contributed by atoms with Crippen LogP contribution in [-0.2, 0) is 5.41 Å². The Hall–Kier alpha value is -1.44. The molecule has 2 aliphatic heterocycles. The molecule has 0 saturated carbocycles. The first-order valence-electron chi connectivity index (χ1n) is 7.71. The van der Waals surface area contributed by atoms with Crippen LogP contribution in [0.2, 0.25) is 0 Å². The summed E-state index contributed by atoms with van der Waals surface area (Å²) in [4.78, 5) is 4.82. The molecular weight excluding hydrogens is 244 g/mol. The van der Waals surface area contributed by atoms with Crippen molar-refractivity contribution in [1.82, 2.24) is 4.90 Å². The van der Waals surface area contributed by atoms with Gasteiger partial charge in [-0.05, 0) is 18.1 Å². The largest absolute Gasteiger partial charge is 0.358 e. The fourth-order valence-corrected chi connectivity index (χ4v) is 4.36. The molecule has 2 heterocycles. The molecule has 1 aromatic carbocycles. The van der Waals surface area contributed by atoms with E-state index in [1.807, 2.05) is 0 Å². The Morgan fingerprint density at radius 2 is 1.80 bits per heavy atom. The van der Waals surface area contributed by atoms with Gasteiger partial charge in [0.15, 0.2) is 0 Å². The summed E-state index contributed by atoms with van der Waals surface area (Å²) in [6.45, 7) is 9.62. The molecule has 2 aliphatic rings. The molecule has 2 atom stereocenters. The van der Waals surface area contributed by atoms with Crippen LogP contribution in [0.1, 0.15) is 46.1 Å². The molecule has 0 aliphatic carbocycles. The SMILES string of the molecule is CCCC1(C)c2ccccc2N2C=CN(C)C2C1(C)C. The summed E-state index contributed by atoms with van der Waals surface area (Å²) < 4.78 is 0. The number of anilines is 1. The average molecular weight is 270 g/mol. The summed E-state index contributed by atoms with van der Waals surface area (Å²) in [5.41, 5.74) is 3.28. The second-order valence-electron chi connectivity index (χ2n) is 7.07. The van der Waals surface area contributed by atoms with Gasteiger partial charge in [0.2, 0.25) is 0 Å². The number of hydrogen-bond donors (Lipinski definition) is 0. The maximum absolute atomic E-state index is 2.46. The van der Waals surface area contributed by atoms with Gasteiger partial charge in [0, 0.05) is 36.0 Å². The maximum Gasteiger partial charge on any atom is 0.111 e. The fraction of sp³-hybridized carbons (Fsp3) is 0.556. The van der Waals surface area contributed by atoms with E-state index in [2.05, 4.69) is 81.2 Å². The van der Waals surface area contributed by atoms with Crippen molar-refractivity contribution in [3.05, 3.63) is 42.2 Å². The first-order valence-corrected chi connectivity index (χ1v) is 7.71. The molecule has 3 rings (SSSR count). The Bertz CT molecular complexity index is 546. The zero-order chi connectivity index (χ0) is 14.5. The minimum absolute atomic E-state index is 0.190. The lowest BCUT2D eigenvalue weighted by molar-refractivity contribution is 0.0586. The first-order chi connectivity index (χ1) is 9.43. The van der Waals surface area contributed by atoms with Crippen LogP contribution in [0.25, 0.3) is 0 Å². The highest BCUT2D eigenvalue weighted by Gasteiger charge is 2.55. The van der Waals surface area contributed by atoms with E-state index in [-0.39, 0.29) is 10.8 Å². The van der Waals surface area contributed by atoms with Crippen molar-refractivity contribution in [3.63, 3.8) is 0 Å². The van der Waals surface area contributed by atoms with Crippen LogP contribution >= 0.6 is 0 Å². The molecule has 2 nitrogen and oxygen atoms in total. The van der Waals surface area contributed by atoms with Crippen molar-refractivity contribution >= 4 is 5.69 Å². The Balaban J connectivity index is 2.24. The molecule has 0 radical (unpaired) electrons. The van der Waals surface area contributed by atoms with E-state index in [4.69, 9.17) is 0 Å². The minimum Gasteiger partial charge on any atom is -0.358 e. The Labute approximate surface area is 123 Å². The van der Waals surface area contributed by atoms with Crippen LogP contribution in [0.4, 0.5) is 5.69 Å². The highest BCUT2D eigenvalue weighted by Crippen LogP contribution is 2.57. The number of nitrogens with zero attached hydrogens (tertiary/aromatic N) is 2. The summed E-state index contributed by atoms with van der Waals surface area (Å²) in [5.74, 6) is 0. The molecule has 1 aromatic rings. The molecular formula is C18H26N2. The molecule has 0 saturated heterocycles. The summed E-state index contributed by atoms with van der Waals surface area (Å²) >= 11 is 0. The monoisotopic (exact) mass is 270 g/mol. The van der Waals surface area contributed by atoms with E-state index < -0.39 is 0 Å². The first kappa shape index (κ1) is 13.5. The van der Waals surface area contributed by atoms with Crippen molar-refractivity contribution in [2.45, 2.75) is 52.1 Å². The number of hydrogen-bond acceptors (Lipinski definition) is 2. The molecule has 2 heteroatoms. The second-order valence-corrected chi connectivity index (χ2v) is 7.07. The zero-order valence-electron chi connectivity index (χ0n) is 13.4. The van der Waals surface area contributed by atoms with Crippen LogP contribution in [0.3, 0.4) is 0 Å². The van der Waals surface area contributed by atoms with Gasteiger partial charge in [0.1, 0.15) is 6.17 Å². The highest BCUT2D eigenvalue weighted by atomic mass is 15.4. The molecule has 0 N–H and O–H groups in total. The van der Waals surface area contributed by atoms with Crippen LogP contribution in [0.5, 0.6) is 0 Å². The van der Waals surface area contributed by atoms with Gasteiger partial charge in [-0.15, -0.1) is 0 Å². The molecule has 0 aromatic heterocycles. The number of para-hydroxylation sites is 1. The van der Waals surface area contributed by atoms with Crippen molar-refractivity contribution < 1.29 is 0 Å². The fourth-order valence-electron chi connectivity index (χ4n) is 4.36. The molecule has 20 heavy (non-hydrogen) atoms. The predicted octanol–water partition coefficient (Wildman–Crippen LogP) is 4.33. The third-order valence-corrected chi connectivity index (χ3v) is 5.71. The predicted molar refractivity (Wildman–Crippen MR) is 85.7 cm³/mol. The third-order valence-electron chi connectivity index (χ3n) is 5.71. The van der Waals surface area contributed by atoms with Gasteiger partial charge in [0.05, 0.1) is 0 Å². The topological polar surface area (TPSA) is 6.48 Å². The molecule has 0 bridgehead atoms. The zero-order valence-corrected chi connectivity index (χ0v) is 13.4. The van der Waals surface area contributed by atoms with Crippen molar-refractivity contribution in [1.29, 1.82) is 0 Å². The van der Waals surface area contributed by atoms with Gasteiger partial charge in [-0.2, -0.15) is 0 Å². The van der Waals surface area contributed by atoms with Gasteiger partial charge in [-0.3, -0.25) is 0 Å². The van der Waals surface area contributed by atoms with Crippen LogP contribution < -0.4 is 4.90 Å². The third kappa shape index (κ3) is 1.51. The smallest absolute Gasteiger partial charge is 0.111 e. The van der Waals surface area contributed by atoms with Crippen molar-refractivity contribution in [3.8, 4) is 0 Å². The Morgan fingerprint density at radius 1 is 1.10 bits per heavy atom. The number of benzene rings is 1. The molecule has 0 fully saturated rings. The van der Waals surface area contributed by atoms with Gasteiger partial charge < -0.3 is 9.80 Å². The van der Waals surface area contributed by atoms with Gasteiger partial charge in [-0.1, -0.05) is 52.3 Å². The molecule has 0 spiro atoms. The quantitative estimate of drug-likeness (QED) is 0.789. The van der Waals surface area contributed by atoms with Gasteiger partial charge >= 0.3 is 0 Å². The van der Waals surface area contributed by atoms with E-state index in [0.717, 1.165) is 0 Å². The molecule has 0 amide bonds. The number of fused-ring (bicyclic) bond motifs is 3. The van der Waals surface area contributed by atoms with Crippen LogP contribution in [0, 0.1) is 5.41 Å². The maximum atomic E-state index is 2.46. The van der Waals surface area contributed by atoms with E-state index in [9.17, 15) is 0 Å². The number of rotatable bonds is 2. The lowest BCUT2D eigenvalue weighted by atomic mass is 9.56. The van der Waals surface area contributed by atoms with Gasteiger partial charge in [-0.25, -0.2) is 0 Å².